The summed E-state index contributed by atoms with van der Waals surface area (Å²) in [5, 5.41) is 49.8. The molecule has 106 valence electrons. The molecule has 7 heteroatoms. The van der Waals surface area contributed by atoms with Crippen molar-refractivity contribution in [3.05, 3.63) is 30.3 Å². The fourth-order valence-electron chi connectivity index (χ4n) is 1.33. The molecule has 0 saturated carbocycles. The lowest BCUT2D eigenvalue weighted by atomic mass is 10.0. The van der Waals surface area contributed by atoms with Crippen molar-refractivity contribution < 1.29 is 25.5 Å². The van der Waals surface area contributed by atoms with E-state index < -0.39 is 31.0 Å². The molecule has 0 aliphatic heterocycles. The maximum atomic E-state index is 9.52. The Morgan fingerprint density at radius 1 is 1.05 bits per heavy atom. The first kappa shape index (κ1) is 15.5. The number of aliphatic hydroxyl groups is 5. The van der Waals surface area contributed by atoms with Gasteiger partial charge in [0.25, 0.3) is 0 Å². The van der Waals surface area contributed by atoms with Gasteiger partial charge in [-0.2, -0.15) is 5.10 Å². The van der Waals surface area contributed by atoms with Gasteiger partial charge in [-0.05, 0) is 12.1 Å². The van der Waals surface area contributed by atoms with Gasteiger partial charge in [0.1, 0.15) is 24.4 Å². The molecule has 0 aromatic heterocycles. The second kappa shape index (κ2) is 7.82. The standard InChI is InChI=1S/C12H18N2O5/c15-7-10(17)12(19)11(18)9(16)6-13-14-8-4-2-1-3-5-8/h1-6,9-12,14-19H,7H2/b13-6-/t9-,10+,11+,12+/m0/s1. The lowest BCUT2D eigenvalue weighted by molar-refractivity contribution is -0.0999. The lowest BCUT2D eigenvalue weighted by Crippen LogP contribution is -2.46. The molecule has 1 aromatic rings. The maximum absolute atomic E-state index is 9.52. The number of anilines is 1. The number of aliphatic hydroxyl groups excluding tert-OH is 5. The molecule has 6 N–H and O–H groups in total. The van der Waals surface area contributed by atoms with Crippen LogP contribution in [0.5, 0.6) is 0 Å². The van der Waals surface area contributed by atoms with Gasteiger partial charge in [0, 0.05) is 0 Å². The molecular formula is C12H18N2O5. The van der Waals surface area contributed by atoms with E-state index in [4.69, 9.17) is 10.2 Å². The molecule has 19 heavy (non-hydrogen) atoms. The van der Waals surface area contributed by atoms with E-state index >= 15 is 0 Å². The van der Waals surface area contributed by atoms with Crippen LogP contribution in [0.25, 0.3) is 0 Å². The minimum absolute atomic E-state index is 0.691. The summed E-state index contributed by atoms with van der Waals surface area (Å²) in [4.78, 5) is 0. The average Bonchev–Trinajstić information content (AvgIpc) is 2.45. The molecular weight excluding hydrogens is 252 g/mol. The molecule has 0 radical (unpaired) electrons. The fourth-order valence-corrected chi connectivity index (χ4v) is 1.33. The largest absolute Gasteiger partial charge is 0.394 e. The van der Waals surface area contributed by atoms with Crippen molar-refractivity contribution in [3.8, 4) is 0 Å². The molecule has 7 nitrogen and oxygen atoms in total. The van der Waals surface area contributed by atoms with E-state index in [0.29, 0.717) is 5.69 Å². The Balaban J connectivity index is 2.47. The Morgan fingerprint density at radius 3 is 2.26 bits per heavy atom. The summed E-state index contributed by atoms with van der Waals surface area (Å²) in [6.07, 6.45) is -5.33. The molecule has 0 bridgehead atoms. The summed E-state index contributed by atoms with van der Waals surface area (Å²) in [5.74, 6) is 0. The summed E-state index contributed by atoms with van der Waals surface area (Å²) >= 11 is 0. The van der Waals surface area contributed by atoms with Crippen molar-refractivity contribution in [2.24, 2.45) is 5.10 Å². The summed E-state index contributed by atoms with van der Waals surface area (Å²) in [6.45, 7) is -0.718. The monoisotopic (exact) mass is 270 g/mol. The van der Waals surface area contributed by atoms with Crippen LogP contribution in [0.15, 0.2) is 35.4 Å². The number of hydrogen-bond acceptors (Lipinski definition) is 7. The van der Waals surface area contributed by atoms with Gasteiger partial charge in [0.05, 0.1) is 18.5 Å². The Labute approximate surface area is 110 Å². The number of benzene rings is 1. The lowest BCUT2D eigenvalue weighted by Gasteiger charge is -2.23. The first-order valence-corrected chi connectivity index (χ1v) is 5.73. The van der Waals surface area contributed by atoms with Crippen molar-refractivity contribution >= 4 is 11.9 Å². The number of nitrogens with one attached hydrogen (secondary N) is 1. The molecule has 0 spiro atoms. The van der Waals surface area contributed by atoms with Crippen LogP contribution in [0.2, 0.25) is 0 Å². The molecule has 1 rings (SSSR count). The number of hydrogen-bond donors (Lipinski definition) is 6. The Kier molecular flexibility index (Phi) is 6.40. The minimum Gasteiger partial charge on any atom is -0.394 e. The maximum Gasteiger partial charge on any atom is 0.119 e. The van der Waals surface area contributed by atoms with Crippen LogP contribution in [-0.2, 0) is 0 Å². The van der Waals surface area contributed by atoms with Gasteiger partial charge < -0.3 is 25.5 Å². The summed E-state index contributed by atoms with van der Waals surface area (Å²) < 4.78 is 0. The third-order valence-corrected chi connectivity index (χ3v) is 2.48. The smallest absolute Gasteiger partial charge is 0.119 e. The highest BCUT2D eigenvalue weighted by molar-refractivity contribution is 5.65. The van der Waals surface area contributed by atoms with Crippen molar-refractivity contribution in [2.75, 3.05) is 12.0 Å². The highest BCUT2D eigenvalue weighted by atomic mass is 16.4. The van der Waals surface area contributed by atoms with E-state index in [1.807, 2.05) is 6.07 Å². The molecule has 1 aromatic carbocycles. The summed E-state index contributed by atoms with van der Waals surface area (Å²) in [7, 11) is 0. The third kappa shape index (κ3) is 4.93. The highest BCUT2D eigenvalue weighted by Gasteiger charge is 2.29. The van der Waals surface area contributed by atoms with Gasteiger partial charge in [0.2, 0.25) is 0 Å². The van der Waals surface area contributed by atoms with Gasteiger partial charge in [-0.1, -0.05) is 18.2 Å². The Bertz CT molecular complexity index is 387. The zero-order chi connectivity index (χ0) is 14.3. The van der Waals surface area contributed by atoms with Crippen LogP contribution >= 0.6 is 0 Å². The van der Waals surface area contributed by atoms with Crippen LogP contribution in [-0.4, -0.2) is 62.8 Å². The van der Waals surface area contributed by atoms with Crippen LogP contribution in [0.3, 0.4) is 0 Å². The van der Waals surface area contributed by atoms with E-state index in [1.54, 1.807) is 24.3 Å². The zero-order valence-electron chi connectivity index (χ0n) is 10.2. The second-order valence-corrected chi connectivity index (χ2v) is 3.98. The average molecular weight is 270 g/mol. The van der Waals surface area contributed by atoms with Crippen LogP contribution in [0.1, 0.15) is 0 Å². The van der Waals surface area contributed by atoms with Crippen molar-refractivity contribution in [1.82, 2.24) is 0 Å². The third-order valence-electron chi connectivity index (χ3n) is 2.48. The van der Waals surface area contributed by atoms with Gasteiger partial charge in [0.15, 0.2) is 0 Å². The molecule has 0 aliphatic rings. The van der Waals surface area contributed by atoms with Gasteiger partial charge in [-0.3, -0.25) is 5.43 Å². The number of para-hydroxylation sites is 1. The Hall–Kier alpha value is -1.51. The minimum atomic E-state index is -1.66. The second-order valence-electron chi connectivity index (χ2n) is 3.98. The first-order chi connectivity index (χ1) is 9.06. The van der Waals surface area contributed by atoms with Crippen molar-refractivity contribution in [2.45, 2.75) is 24.4 Å². The van der Waals surface area contributed by atoms with Gasteiger partial charge in [-0.15, -0.1) is 0 Å². The SMILES string of the molecule is OC[C@@H](O)[C@@H](O)[C@H](O)[C@@H](O)/C=N\Nc1ccccc1. The molecule has 0 saturated heterocycles. The van der Waals surface area contributed by atoms with E-state index in [9.17, 15) is 15.3 Å². The highest BCUT2D eigenvalue weighted by Crippen LogP contribution is 2.06. The number of nitrogens with zero attached hydrogens (tertiary/aromatic N) is 1. The molecule has 0 amide bonds. The predicted molar refractivity (Wildman–Crippen MR) is 69.7 cm³/mol. The topological polar surface area (TPSA) is 126 Å². The van der Waals surface area contributed by atoms with Crippen molar-refractivity contribution in [1.29, 1.82) is 0 Å². The molecule has 0 aliphatic carbocycles. The Morgan fingerprint density at radius 2 is 1.68 bits per heavy atom. The molecule has 0 heterocycles. The predicted octanol–water partition coefficient (Wildman–Crippen LogP) is -1.48. The van der Waals surface area contributed by atoms with Crippen LogP contribution < -0.4 is 5.43 Å². The quantitative estimate of drug-likeness (QED) is 0.265. The van der Waals surface area contributed by atoms with E-state index in [-0.39, 0.29) is 0 Å². The van der Waals surface area contributed by atoms with Gasteiger partial charge >= 0.3 is 0 Å². The first-order valence-electron chi connectivity index (χ1n) is 5.73. The van der Waals surface area contributed by atoms with E-state index in [2.05, 4.69) is 10.5 Å². The molecule has 0 fully saturated rings. The fraction of sp³-hybridized carbons (Fsp3) is 0.417. The number of hydrazone groups is 1. The molecule has 4 atom stereocenters. The van der Waals surface area contributed by atoms with Crippen LogP contribution in [0, 0.1) is 0 Å². The van der Waals surface area contributed by atoms with Gasteiger partial charge in [-0.25, -0.2) is 0 Å². The molecule has 0 unspecified atom stereocenters. The number of rotatable bonds is 7. The van der Waals surface area contributed by atoms with Crippen molar-refractivity contribution in [3.63, 3.8) is 0 Å². The van der Waals surface area contributed by atoms with Crippen LogP contribution in [0.4, 0.5) is 5.69 Å². The normalized spacial score (nSPS) is 17.9. The summed E-state index contributed by atoms with van der Waals surface area (Å²) in [6, 6.07) is 8.93. The zero-order valence-corrected chi connectivity index (χ0v) is 10.2. The van der Waals surface area contributed by atoms with E-state index in [0.717, 1.165) is 6.21 Å². The summed E-state index contributed by atoms with van der Waals surface area (Å²) in [5.41, 5.74) is 3.31. The van der Waals surface area contributed by atoms with E-state index in [1.165, 1.54) is 0 Å².